The minimum Gasteiger partial charge on any atom is -0.0998 e. The molecule has 0 bridgehead atoms. The van der Waals surface area contributed by atoms with Gasteiger partial charge in [0.05, 0.1) is 0 Å². The molecule has 1 aliphatic carbocycles. The molecule has 0 aromatic heterocycles. The summed E-state index contributed by atoms with van der Waals surface area (Å²) in [6, 6.07) is 0. The zero-order valence-electron chi connectivity index (χ0n) is 12.0. The third kappa shape index (κ3) is 2.26. The molecule has 1 aliphatic rings. The van der Waals surface area contributed by atoms with Crippen LogP contribution in [0.2, 0.25) is 0 Å². The first-order valence-electron chi connectivity index (χ1n) is 6.40. The molecule has 1 rings (SSSR count). The SMILES string of the molecule is C=C(C)C1C(C(=C)C)C(C)(C)CCC1(C)C. The van der Waals surface area contributed by atoms with E-state index in [-0.39, 0.29) is 0 Å². The van der Waals surface area contributed by atoms with Crippen LogP contribution in [0, 0.1) is 22.7 Å². The van der Waals surface area contributed by atoms with Gasteiger partial charge in [0.1, 0.15) is 0 Å². The van der Waals surface area contributed by atoms with E-state index in [1.807, 2.05) is 0 Å². The molecule has 0 heterocycles. The Labute approximate surface area is 102 Å². The Morgan fingerprint density at radius 2 is 1.06 bits per heavy atom. The predicted molar refractivity (Wildman–Crippen MR) is 73.4 cm³/mol. The van der Waals surface area contributed by atoms with Gasteiger partial charge in [-0.3, -0.25) is 0 Å². The minimum absolute atomic E-state index is 0.366. The molecule has 0 aromatic rings. The fourth-order valence-corrected chi connectivity index (χ4v) is 3.76. The molecule has 16 heavy (non-hydrogen) atoms. The van der Waals surface area contributed by atoms with E-state index in [1.54, 1.807) is 0 Å². The van der Waals surface area contributed by atoms with Gasteiger partial charge in [0.25, 0.3) is 0 Å². The third-order valence-electron chi connectivity index (χ3n) is 4.49. The van der Waals surface area contributed by atoms with Gasteiger partial charge >= 0.3 is 0 Å². The van der Waals surface area contributed by atoms with Gasteiger partial charge in [-0.1, -0.05) is 52.0 Å². The first-order chi connectivity index (χ1) is 7.09. The van der Waals surface area contributed by atoms with Crippen LogP contribution in [0.25, 0.3) is 0 Å². The van der Waals surface area contributed by atoms with Crippen LogP contribution in [0.5, 0.6) is 0 Å². The van der Waals surface area contributed by atoms with Crippen molar-refractivity contribution in [1.29, 1.82) is 0 Å². The van der Waals surface area contributed by atoms with E-state index in [9.17, 15) is 0 Å². The van der Waals surface area contributed by atoms with Gasteiger partial charge in [0, 0.05) is 0 Å². The normalized spacial score (nSPS) is 32.1. The average Bonchev–Trinajstić information content (AvgIpc) is 2.07. The van der Waals surface area contributed by atoms with Crippen molar-refractivity contribution in [3.05, 3.63) is 24.3 Å². The van der Waals surface area contributed by atoms with Crippen molar-refractivity contribution < 1.29 is 0 Å². The highest BCUT2D eigenvalue weighted by atomic mass is 14.5. The summed E-state index contributed by atoms with van der Waals surface area (Å²) in [6.07, 6.45) is 2.59. The molecule has 0 nitrogen and oxygen atoms in total. The van der Waals surface area contributed by atoms with Gasteiger partial charge in [-0.25, -0.2) is 0 Å². The maximum Gasteiger partial charge on any atom is -0.00868 e. The Hall–Kier alpha value is -0.520. The lowest BCUT2D eigenvalue weighted by atomic mass is 9.51. The molecule has 2 unspecified atom stereocenters. The predicted octanol–water partition coefficient (Wildman–Crippen LogP) is 5.22. The first-order valence-corrected chi connectivity index (χ1v) is 6.40. The van der Waals surface area contributed by atoms with Crippen LogP contribution in [-0.4, -0.2) is 0 Å². The van der Waals surface area contributed by atoms with Crippen molar-refractivity contribution in [3.63, 3.8) is 0 Å². The maximum absolute atomic E-state index is 4.23. The maximum atomic E-state index is 4.23. The second kappa shape index (κ2) is 4.05. The number of hydrogen-bond acceptors (Lipinski definition) is 0. The topological polar surface area (TPSA) is 0 Å². The van der Waals surface area contributed by atoms with Crippen LogP contribution < -0.4 is 0 Å². The van der Waals surface area contributed by atoms with Crippen LogP contribution in [0.4, 0.5) is 0 Å². The highest BCUT2D eigenvalue weighted by Gasteiger charge is 2.47. The lowest BCUT2D eigenvalue weighted by Gasteiger charge is -2.53. The van der Waals surface area contributed by atoms with Crippen LogP contribution in [0.1, 0.15) is 54.4 Å². The van der Waals surface area contributed by atoms with Crippen LogP contribution in [-0.2, 0) is 0 Å². The molecule has 92 valence electrons. The molecule has 0 amide bonds. The Morgan fingerprint density at radius 1 is 0.812 bits per heavy atom. The summed E-state index contributed by atoms with van der Waals surface area (Å²) in [4.78, 5) is 0. The Bertz CT molecular complexity index is 272. The summed E-state index contributed by atoms with van der Waals surface area (Å²) >= 11 is 0. The van der Waals surface area contributed by atoms with Gasteiger partial charge in [-0.05, 0) is 49.4 Å². The van der Waals surface area contributed by atoms with Crippen molar-refractivity contribution in [2.24, 2.45) is 22.7 Å². The molecule has 0 aromatic carbocycles. The zero-order valence-corrected chi connectivity index (χ0v) is 12.0. The highest BCUT2D eigenvalue weighted by Crippen LogP contribution is 2.56. The molecule has 0 radical (unpaired) electrons. The summed E-state index contributed by atoms with van der Waals surface area (Å²) in [5.74, 6) is 1.16. The fourth-order valence-electron chi connectivity index (χ4n) is 3.76. The highest BCUT2D eigenvalue weighted by molar-refractivity contribution is 5.18. The van der Waals surface area contributed by atoms with Crippen molar-refractivity contribution in [1.82, 2.24) is 0 Å². The molecule has 0 N–H and O–H groups in total. The van der Waals surface area contributed by atoms with Crippen LogP contribution in [0.3, 0.4) is 0 Å². The second-order valence-electron chi connectivity index (χ2n) is 7.13. The van der Waals surface area contributed by atoms with E-state index in [0.29, 0.717) is 22.7 Å². The second-order valence-corrected chi connectivity index (χ2v) is 7.13. The molecule has 0 saturated heterocycles. The van der Waals surface area contributed by atoms with Gasteiger partial charge in [0.15, 0.2) is 0 Å². The number of allylic oxidation sites excluding steroid dienone is 2. The molecule has 0 aliphatic heterocycles. The summed E-state index contributed by atoms with van der Waals surface area (Å²) in [5, 5.41) is 0. The molecule has 1 fully saturated rings. The first kappa shape index (κ1) is 13.5. The molecule has 0 spiro atoms. The lowest BCUT2D eigenvalue weighted by Crippen LogP contribution is -2.45. The number of hydrogen-bond donors (Lipinski definition) is 0. The number of rotatable bonds is 2. The van der Waals surface area contributed by atoms with E-state index in [1.165, 1.54) is 24.0 Å². The molecule has 0 heteroatoms. The Kier molecular flexibility index (Phi) is 3.43. The summed E-state index contributed by atoms with van der Waals surface area (Å²) < 4.78 is 0. The third-order valence-corrected chi connectivity index (χ3v) is 4.49. The molecular formula is C16H28. The van der Waals surface area contributed by atoms with Gasteiger partial charge in [-0.2, -0.15) is 0 Å². The van der Waals surface area contributed by atoms with Crippen LogP contribution >= 0.6 is 0 Å². The van der Waals surface area contributed by atoms with Gasteiger partial charge in [-0.15, -0.1) is 0 Å². The quantitative estimate of drug-likeness (QED) is 0.560. The summed E-state index contributed by atoms with van der Waals surface area (Å²) in [5.41, 5.74) is 3.38. The van der Waals surface area contributed by atoms with Crippen molar-refractivity contribution in [3.8, 4) is 0 Å². The van der Waals surface area contributed by atoms with Crippen molar-refractivity contribution >= 4 is 0 Å². The van der Waals surface area contributed by atoms with E-state index >= 15 is 0 Å². The van der Waals surface area contributed by atoms with Gasteiger partial charge < -0.3 is 0 Å². The molecular weight excluding hydrogens is 192 g/mol. The fraction of sp³-hybridized carbons (Fsp3) is 0.750. The lowest BCUT2D eigenvalue weighted by molar-refractivity contribution is 0.0221. The van der Waals surface area contributed by atoms with E-state index < -0.39 is 0 Å². The Balaban J connectivity index is 3.20. The monoisotopic (exact) mass is 220 g/mol. The van der Waals surface area contributed by atoms with E-state index in [2.05, 4.69) is 54.7 Å². The Morgan fingerprint density at radius 3 is 1.25 bits per heavy atom. The standard InChI is InChI=1S/C16H28/c1-11(2)13-14(12(3)4)16(7,8)10-9-15(13,5)6/h13-14H,1,3,9-10H2,2,4-8H3. The zero-order chi connectivity index (χ0) is 12.7. The van der Waals surface area contributed by atoms with E-state index in [0.717, 1.165) is 0 Å². The largest absolute Gasteiger partial charge is 0.0998 e. The molecule has 1 saturated carbocycles. The van der Waals surface area contributed by atoms with Crippen molar-refractivity contribution in [2.45, 2.75) is 54.4 Å². The van der Waals surface area contributed by atoms with Crippen LogP contribution in [0.15, 0.2) is 24.3 Å². The van der Waals surface area contributed by atoms with Crippen molar-refractivity contribution in [2.75, 3.05) is 0 Å². The summed E-state index contributed by atoms with van der Waals surface area (Å²) in [7, 11) is 0. The van der Waals surface area contributed by atoms with Gasteiger partial charge in [0.2, 0.25) is 0 Å². The average molecular weight is 220 g/mol. The van der Waals surface area contributed by atoms with E-state index in [4.69, 9.17) is 0 Å². The minimum atomic E-state index is 0.366. The smallest absolute Gasteiger partial charge is 0.00868 e. The molecule has 2 atom stereocenters. The summed E-state index contributed by atoms with van der Waals surface area (Å²) in [6.45, 7) is 22.4.